The van der Waals surface area contributed by atoms with E-state index in [1.165, 1.54) is 11.3 Å². The highest BCUT2D eigenvalue weighted by molar-refractivity contribution is 7.15. The summed E-state index contributed by atoms with van der Waals surface area (Å²) in [4.78, 5) is 15.9. The van der Waals surface area contributed by atoms with E-state index in [2.05, 4.69) is 10.3 Å². The first kappa shape index (κ1) is 9.94. The summed E-state index contributed by atoms with van der Waals surface area (Å²) in [7, 11) is 0. The van der Waals surface area contributed by atoms with E-state index in [4.69, 9.17) is 9.84 Å². The lowest BCUT2D eigenvalue weighted by Gasteiger charge is -2.01. The van der Waals surface area contributed by atoms with Gasteiger partial charge in [-0.2, -0.15) is 0 Å². The van der Waals surface area contributed by atoms with Crippen LogP contribution in [0.1, 0.15) is 5.69 Å². The third-order valence-corrected chi connectivity index (χ3v) is 2.49. The molecule has 0 fully saturated rings. The minimum atomic E-state index is -0.658. The molecular weight excluding hydrogens is 218 g/mol. The SMILES string of the molecule is O=C(NCO)OCc1cn2ccsc2n1. The van der Waals surface area contributed by atoms with Crippen molar-refractivity contribution < 1.29 is 14.6 Å². The Bertz CT molecular complexity index is 436. The van der Waals surface area contributed by atoms with Gasteiger partial charge < -0.3 is 9.84 Å². The van der Waals surface area contributed by atoms with Gasteiger partial charge in [0.25, 0.3) is 0 Å². The lowest BCUT2D eigenvalue weighted by atomic mass is 10.5. The largest absolute Gasteiger partial charge is 0.443 e. The van der Waals surface area contributed by atoms with Crippen LogP contribution in [0.15, 0.2) is 17.8 Å². The molecule has 0 aromatic carbocycles. The smallest absolute Gasteiger partial charge is 0.409 e. The third kappa shape index (κ3) is 2.25. The minimum Gasteiger partial charge on any atom is -0.443 e. The van der Waals surface area contributed by atoms with E-state index in [1.54, 1.807) is 6.20 Å². The number of rotatable bonds is 3. The zero-order valence-corrected chi connectivity index (χ0v) is 8.53. The molecule has 80 valence electrons. The monoisotopic (exact) mass is 227 g/mol. The van der Waals surface area contributed by atoms with E-state index in [0.29, 0.717) is 5.69 Å². The molecule has 0 spiro atoms. The highest BCUT2D eigenvalue weighted by Gasteiger charge is 2.05. The molecule has 2 aromatic rings. The number of aliphatic hydroxyl groups is 1. The maximum atomic E-state index is 10.8. The Morgan fingerprint density at radius 3 is 3.33 bits per heavy atom. The second-order valence-corrected chi connectivity index (χ2v) is 3.61. The van der Waals surface area contributed by atoms with Gasteiger partial charge in [-0.05, 0) is 0 Å². The van der Waals surface area contributed by atoms with Crippen LogP contribution in [0, 0.1) is 0 Å². The highest BCUT2D eigenvalue weighted by atomic mass is 32.1. The molecule has 1 amide bonds. The van der Waals surface area contributed by atoms with Gasteiger partial charge in [0.2, 0.25) is 0 Å². The molecule has 0 bridgehead atoms. The summed E-state index contributed by atoms with van der Waals surface area (Å²) in [6.07, 6.45) is 3.01. The lowest BCUT2D eigenvalue weighted by molar-refractivity contribution is 0.126. The van der Waals surface area contributed by atoms with E-state index >= 15 is 0 Å². The topological polar surface area (TPSA) is 75.9 Å². The van der Waals surface area contributed by atoms with Gasteiger partial charge in [0.1, 0.15) is 13.3 Å². The van der Waals surface area contributed by atoms with Crippen LogP contribution in [0.3, 0.4) is 0 Å². The number of thiazole rings is 1. The standard InChI is InChI=1S/C8H9N3O3S/c12-5-9-8(13)14-4-6-3-11-1-2-15-7(11)10-6/h1-3,12H,4-5H2,(H,9,13). The van der Waals surface area contributed by atoms with Gasteiger partial charge in [0, 0.05) is 17.8 Å². The molecule has 15 heavy (non-hydrogen) atoms. The number of ether oxygens (including phenoxy) is 1. The van der Waals surface area contributed by atoms with Gasteiger partial charge in [-0.3, -0.25) is 9.72 Å². The highest BCUT2D eigenvalue weighted by Crippen LogP contribution is 2.11. The summed E-state index contributed by atoms with van der Waals surface area (Å²) in [6.45, 7) is -0.336. The third-order valence-electron chi connectivity index (χ3n) is 1.72. The minimum absolute atomic E-state index is 0.0975. The number of aromatic nitrogens is 2. The summed E-state index contributed by atoms with van der Waals surface area (Å²) in [5.74, 6) is 0. The van der Waals surface area contributed by atoms with Crippen molar-refractivity contribution in [2.75, 3.05) is 6.73 Å². The molecule has 0 aliphatic rings. The molecule has 6 nitrogen and oxygen atoms in total. The predicted octanol–water partition coefficient (Wildman–Crippen LogP) is 0.572. The van der Waals surface area contributed by atoms with Gasteiger partial charge in [-0.1, -0.05) is 0 Å². The number of amides is 1. The number of nitrogens with one attached hydrogen (secondary N) is 1. The van der Waals surface area contributed by atoms with Crippen molar-refractivity contribution in [1.29, 1.82) is 0 Å². The van der Waals surface area contributed by atoms with Crippen LogP contribution in [0.2, 0.25) is 0 Å². The van der Waals surface area contributed by atoms with Crippen molar-refractivity contribution in [3.63, 3.8) is 0 Å². The fourth-order valence-corrected chi connectivity index (χ4v) is 1.82. The Balaban J connectivity index is 1.95. The molecule has 0 saturated heterocycles. The van der Waals surface area contributed by atoms with Crippen LogP contribution >= 0.6 is 11.3 Å². The second kappa shape index (κ2) is 4.28. The van der Waals surface area contributed by atoms with Crippen molar-refractivity contribution in [3.8, 4) is 0 Å². The van der Waals surface area contributed by atoms with Crippen LogP contribution in [0.4, 0.5) is 4.79 Å². The maximum Gasteiger partial charge on any atom is 0.409 e. The van der Waals surface area contributed by atoms with Crippen LogP contribution < -0.4 is 5.32 Å². The molecule has 0 unspecified atom stereocenters. The van der Waals surface area contributed by atoms with Gasteiger partial charge in [0.15, 0.2) is 4.96 Å². The second-order valence-electron chi connectivity index (χ2n) is 2.74. The van der Waals surface area contributed by atoms with E-state index in [-0.39, 0.29) is 6.61 Å². The molecular formula is C8H9N3O3S. The Labute approximate surface area is 89.1 Å². The molecule has 7 heteroatoms. The lowest BCUT2D eigenvalue weighted by Crippen LogP contribution is -2.24. The van der Waals surface area contributed by atoms with Crippen molar-refractivity contribution in [2.45, 2.75) is 6.61 Å². The van der Waals surface area contributed by atoms with Crippen LogP contribution in [-0.2, 0) is 11.3 Å². The van der Waals surface area contributed by atoms with E-state index in [0.717, 1.165) is 4.96 Å². The van der Waals surface area contributed by atoms with Crippen molar-refractivity contribution in [2.24, 2.45) is 0 Å². The van der Waals surface area contributed by atoms with Gasteiger partial charge in [-0.15, -0.1) is 11.3 Å². The number of nitrogens with zero attached hydrogens (tertiary/aromatic N) is 2. The van der Waals surface area contributed by atoms with Crippen LogP contribution in [-0.4, -0.2) is 27.3 Å². The number of carbonyl (C=O) groups is 1. The number of aliphatic hydroxyl groups excluding tert-OH is 1. The number of hydrogen-bond donors (Lipinski definition) is 2. The maximum absolute atomic E-state index is 10.8. The van der Waals surface area contributed by atoms with E-state index < -0.39 is 12.8 Å². The molecule has 2 aromatic heterocycles. The number of fused-ring (bicyclic) bond motifs is 1. The average Bonchev–Trinajstić information content (AvgIpc) is 2.74. The number of alkyl carbamates (subject to hydrolysis) is 1. The summed E-state index contributed by atoms with van der Waals surface area (Å²) in [5, 5.41) is 12.4. The normalized spacial score (nSPS) is 10.5. The summed E-state index contributed by atoms with van der Waals surface area (Å²) >= 11 is 1.51. The Morgan fingerprint density at radius 1 is 1.73 bits per heavy atom. The first-order valence-corrected chi connectivity index (χ1v) is 5.10. The summed E-state index contributed by atoms with van der Waals surface area (Å²) in [5.41, 5.74) is 0.676. The fourth-order valence-electron chi connectivity index (χ4n) is 1.10. The fraction of sp³-hybridized carbons (Fsp3) is 0.250. The van der Waals surface area contributed by atoms with E-state index in [1.807, 2.05) is 16.0 Å². The molecule has 2 heterocycles. The Hall–Kier alpha value is -1.60. The van der Waals surface area contributed by atoms with E-state index in [9.17, 15) is 4.79 Å². The van der Waals surface area contributed by atoms with Gasteiger partial charge in [-0.25, -0.2) is 9.78 Å². The number of hydrogen-bond acceptors (Lipinski definition) is 5. The Kier molecular flexibility index (Phi) is 2.84. The summed E-state index contributed by atoms with van der Waals surface area (Å²) < 4.78 is 6.64. The number of carbonyl (C=O) groups excluding carboxylic acids is 1. The average molecular weight is 227 g/mol. The van der Waals surface area contributed by atoms with Gasteiger partial charge >= 0.3 is 6.09 Å². The van der Waals surface area contributed by atoms with Gasteiger partial charge in [0.05, 0.1) is 5.69 Å². The molecule has 0 aliphatic heterocycles. The molecule has 0 aliphatic carbocycles. The zero-order valence-electron chi connectivity index (χ0n) is 7.71. The first-order chi connectivity index (χ1) is 7.29. The molecule has 0 radical (unpaired) electrons. The van der Waals surface area contributed by atoms with Crippen LogP contribution in [0.5, 0.6) is 0 Å². The number of imidazole rings is 1. The van der Waals surface area contributed by atoms with Crippen molar-refractivity contribution in [3.05, 3.63) is 23.5 Å². The molecule has 0 saturated carbocycles. The van der Waals surface area contributed by atoms with Crippen LogP contribution in [0.25, 0.3) is 4.96 Å². The van der Waals surface area contributed by atoms with Crippen molar-refractivity contribution >= 4 is 22.4 Å². The zero-order chi connectivity index (χ0) is 10.7. The molecule has 2 rings (SSSR count). The Morgan fingerprint density at radius 2 is 2.60 bits per heavy atom. The van der Waals surface area contributed by atoms with Crippen molar-refractivity contribution in [1.82, 2.24) is 14.7 Å². The quantitative estimate of drug-likeness (QED) is 0.752. The molecule has 0 atom stereocenters. The summed E-state index contributed by atoms with van der Waals surface area (Å²) in [6, 6.07) is 0. The molecule has 2 N–H and O–H groups in total. The predicted molar refractivity (Wildman–Crippen MR) is 53.5 cm³/mol. The first-order valence-electron chi connectivity index (χ1n) is 4.22.